The summed E-state index contributed by atoms with van der Waals surface area (Å²) in [6.07, 6.45) is 5.11. The summed E-state index contributed by atoms with van der Waals surface area (Å²) < 4.78 is 25.3. The quantitative estimate of drug-likeness (QED) is 0.783. The van der Waals surface area contributed by atoms with Crippen molar-refractivity contribution in [3.05, 3.63) is 30.4 Å². The van der Waals surface area contributed by atoms with E-state index in [2.05, 4.69) is 26.9 Å². The standard InChI is InChI=1S/C16H23N5O2S/c1-3-9-21-15(11-20(2)14-6-10-24(22,23)12-14)18-16(19-21)13-4-7-17-8-5-13/h4-5,7-8,14H,3,6,9-12H2,1-2H3/t14-/m1/s1. The Morgan fingerprint density at radius 3 is 2.71 bits per heavy atom. The van der Waals surface area contributed by atoms with Crippen molar-refractivity contribution in [1.29, 1.82) is 0 Å². The second-order valence-corrected chi connectivity index (χ2v) is 8.51. The van der Waals surface area contributed by atoms with Crippen LogP contribution in [0.4, 0.5) is 0 Å². The molecule has 0 unspecified atom stereocenters. The zero-order valence-electron chi connectivity index (χ0n) is 14.1. The maximum absolute atomic E-state index is 11.7. The normalized spacial score (nSPS) is 19.9. The van der Waals surface area contributed by atoms with Gasteiger partial charge in [0.15, 0.2) is 15.7 Å². The van der Waals surface area contributed by atoms with E-state index in [9.17, 15) is 8.42 Å². The van der Waals surface area contributed by atoms with Gasteiger partial charge in [-0.3, -0.25) is 9.88 Å². The first kappa shape index (κ1) is 17.0. The van der Waals surface area contributed by atoms with Crippen molar-refractivity contribution >= 4 is 9.84 Å². The van der Waals surface area contributed by atoms with Gasteiger partial charge < -0.3 is 0 Å². The second-order valence-electron chi connectivity index (χ2n) is 6.28. The second kappa shape index (κ2) is 6.98. The predicted octanol–water partition coefficient (Wildman–Crippen LogP) is 1.37. The minimum Gasteiger partial charge on any atom is -0.295 e. The predicted molar refractivity (Wildman–Crippen MR) is 92.1 cm³/mol. The molecule has 0 N–H and O–H groups in total. The number of nitrogens with zero attached hydrogens (tertiary/aromatic N) is 5. The largest absolute Gasteiger partial charge is 0.295 e. The van der Waals surface area contributed by atoms with Crippen molar-refractivity contribution < 1.29 is 8.42 Å². The van der Waals surface area contributed by atoms with Gasteiger partial charge in [-0.15, -0.1) is 0 Å². The average Bonchev–Trinajstić information content (AvgIpc) is 3.12. The molecule has 2 aromatic heterocycles. The summed E-state index contributed by atoms with van der Waals surface area (Å²) >= 11 is 0. The third-order valence-electron chi connectivity index (χ3n) is 4.34. The van der Waals surface area contributed by atoms with E-state index in [1.807, 2.05) is 23.9 Å². The van der Waals surface area contributed by atoms with Crippen LogP contribution in [-0.4, -0.2) is 57.7 Å². The third-order valence-corrected chi connectivity index (χ3v) is 6.10. The van der Waals surface area contributed by atoms with Crippen molar-refractivity contribution in [3.8, 4) is 11.4 Å². The molecule has 0 aliphatic carbocycles. The molecule has 0 bridgehead atoms. The summed E-state index contributed by atoms with van der Waals surface area (Å²) in [5, 5.41) is 4.61. The molecule has 0 amide bonds. The minimum atomic E-state index is -2.88. The fourth-order valence-corrected chi connectivity index (χ4v) is 4.79. The van der Waals surface area contributed by atoms with Gasteiger partial charge in [0, 0.05) is 30.5 Å². The van der Waals surface area contributed by atoms with E-state index in [0.29, 0.717) is 18.8 Å². The van der Waals surface area contributed by atoms with Crippen molar-refractivity contribution in [3.63, 3.8) is 0 Å². The topological polar surface area (TPSA) is 81.0 Å². The number of pyridine rings is 1. The van der Waals surface area contributed by atoms with Crippen LogP contribution in [0.15, 0.2) is 24.5 Å². The van der Waals surface area contributed by atoms with Crippen LogP contribution in [0.1, 0.15) is 25.6 Å². The molecule has 8 heteroatoms. The summed E-state index contributed by atoms with van der Waals surface area (Å²) in [6.45, 7) is 3.49. The number of hydrogen-bond acceptors (Lipinski definition) is 6. The van der Waals surface area contributed by atoms with Gasteiger partial charge in [-0.05, 0) is 32.0 Å². The maximum atomic E-state index is 11.7. The highest BCUT2D eigenvalue weighted by atomic mass is 32.2. The van der Waals surface area contributed by atoms with Crippen LogP contribution in [0.3, 0.4) is 0 Å². The van der Waals surface area contributed by atoms with Gasteiger partial charge in [0.05, 0.1) is 18.1 Å². The van der Waals surface area contributed by atoms with Crippen molar-refractivity contribution in [1.82, 2.24) is 24.6 Å². The summed E-state index contributed by atoms with van der Waals surface area (Å²) in [6, 6.07) is 3.84. The lowest BCUT2D eigenvalue weighted by atomic mass is 10.2. The summed E-state index contributed by atoms with van der Waals surface area (Å²) in [4.78, 5) is 10.8. The van der Waals surface area contributed by atoms with Crippen LogP contribution in [-0.2, 0) is 22.9 Å². The zero-order chi connectivity index (χ0) is 17.2. The molecule has 0 spiro atoms. The molecule has 7 nitrogen and oxygen atoms in total. The third kappa shape index (κ3) is 3.81. The number of rotatable bonds is 6. The van der Waals surface area contributed by atoms with Gasteiger partial charge >= 0.3 is 0 Å². The molecular formula is C16H23N5O2S. The van der Waals surface area contributed by atoms with E-state index >= 15 is 0 Å². The Balaban J connectivity index is 1.80. The Labute approximate surface area is 142 Å². The molecule has 1 atom stereocenters. The van der Waals surface area contributed by atoms with Gasteiger partial charge in [0.1, 0.15) is 5.82 Å². The number of sulfone groups is 1. The lowest BCUT2D eigenvalue weighted by molar-refractivity contribution is 0.242. The Morgan fingerprint density at radius 1 is 1.33 bits per heavy atom. The van der Waals surface area contributed by atoms with E-state index in [1.54, 1.807) is 12.4 Å². The van der Waals surface area contributed by atoms with Gasteiger partial charge in [-0.2, -0.15) is 5.10 Å². The minimum absolute atomic E-state index is 0.0613. The summed E-state index contributed by atoms with van der Waals surface area (Å²) in [7, 11) is -0.921. The van der Waals surface area contributed by atoms with E-state index in [0.717, 1.165) is 24.4 Å². The lowest BCUT2D eigenvalue weighted by Gasteiger charge is -2.22. The molecule has 2 aromatic rings. The van der Waals surface area contributed by atoms with Crippen molar-refractivity contribution in [2.75, 3.05) is 18.6 Å². The fourth-order valence-electron chi connectivity index (χ4n) is 2.98. The Bertz CT molecular complexity index is 788. The van der Waals surface area contributed by atoms with E-state index in [1.165, 1.54) is 0 Å². The van der Waals surface area contributed by atoms with Gasteiger partial charge in [-0.25, -0.2) is 18.1 Å². The number of aromatic nitrogens is 4. The molecule has 0 radical (unpaired) electrons. The van der Waals surface area contributed by atoms with Crippen LogP contribution < -0.4 is 0 Å². The molecule has 3 rings (SSSR count). The smallest absolute Gasteiger partial charge is 0.181 e. The first-order valence-corrected chi connectivity index (χ1v) is 10.1. The molecular weight excluding hydrogens is 326 g/mol. The average molecular weight is 349 g/mol. The SMILES string of the molecule is CCCn1nc(-c2ccncc2)nc1CN(C)[C@@H]1CCS(=O)(=O)C1. The highest BCUT2D eigenvalue weighted by Gasteiger charge is 2.31. The zero-order valence-corrected chi connectivity index (χ0v) is 14.9. The van der Waals surface area contributed by atoms with E-state index in [4.69, 9.17) is 0 Å². The van der Waals surface area contributed by atoms with E-state index in [-0.39, 0.29) is 17.5 Å². The monoisotopic (exact) mass is 349 g/mol. The summed E-state index contributed by atoms with van der Waals surface area (Å²) in [5.41, 5.74) is 0.937. The fraction of sp³-hybridized carbons (Fsp3) is 0.562. The Morgan fingerprint density at radius 2 is 2.08 bits per heavy atom. The first-order valence-electron chi connectivity index (χ1n) is 8.23. The number of aryl methyl sites for hydroxylation is 1. The maximum Gasteiger partial charge on any atom is 0.181 e. The Kier molecular flexibility index (Phi) is 4.96. The van der Waals surface area contributed by atoms with Gasteiger partial charge in [-0.1, -0.05) is 6.92 Å². The van der Waals surface area contributed by atoms with Gasteiger partial charge in [0.2, 0.25) is 0 Å². The molecule has 1 aliphatic rings. The molecule has 0 aromatic carbocycles. The molecule has 0 saturated carbocycles. The molecule has 1 fully saturated rings. The highest BCUT2D eigenvalue weighted by molar-refractivity contribution is 7.91. The molecule has 1 saturated heterocycles. The van der Waals surface area contributed by atoms with Crippen LogP contribution in [0.2, 0.25) is 0 Å². The molecule has 24 heavy (non-hydrogen) atoms. The highest BCUT2D eigenvalue weighted by Crippen LogP contribution is 2.20. The molecule has 1 aliphatic heterocycles. The van der Waals surface area contributed by atoms with Crippen LogP contribution in [0, 0.1) is 0 Å². The van der Waals surface area contributed by atoms with Crippen molar-refractivity contribution in [2.45, 2.75) is 38.9 Å². The first-order chi connectivity index (χ1) is 11.5. The number of hydrogen-bond donors (Lipinski definition) is 0. The molecule has 3 heterocycles. The lowest BCUT2D eigenvalue weighted by Crippen LogP contribution is -2.33. The van der Waals surface area contributed by atoms with E-state index < -0.39 is 9.84 Å². The summed E-state index contributed by atoms with van der Waals surface area (Å²) in [5.74, 6) is 2.08. The van der Waals surface area contributed by atoms with Gasteiger partial charge in [0.25, 0.3) is 0 Å². The van der Waals surface area contributed by atoms with Crippen LogP contribution in [0.25, 0.3) is 11.4 Å². The van der Waals surface area contributed by atoms with Crippen LogP contribution >= 0.6 is 0 Å². The molecule has 130 valence electrons. The van der Waals surface area contributed by atoms with Crippen LogP contribution in [0.5, 0.6) is 0 Å². The van der Waals surface area contributed by atoms with Crippen molar-refractivity contribution in [2.24, 2.45) is 0 Å². The Hall–Kier alpha value is -1.80.